The van der Waals surface area contributed by atoms with Crippen LogP contribution in [0.4, 0.5) is 11.6 Å². The van der Waals surface area contributed by atoms with Gasteiger partial charge in [-0.2, -0.15) is 9.61 Å². The number of nitrogens with zero attached hydrogens (tertiary/aromatic N) is 3. The second-order valence-electron chi connectivity index (χ2n) is 8.06. The first-order chi connectivity index (χ1) is 14.1. The van der Waals surface area contributed by atoms with E-state index in [0.717, 1.165) is 35.8 Å². The van der Waals surface area contributed by atoms with Crippen LogP contribution in [0.15, 0.2) is 42.6 Å². The van der Waals surface area contributed by atoms with E-state index < -0.39 is 0 Å². The topological polar surface area (TPSA) is 86.5 Å². The van der Waals surface area contributed by atoms with Crippen LogP contribution in [0.25, 0.3) is 5.65 Å². The summed E-state index contributed by atoms with van der Waals surface area (Å²) in [6.07, 6.45) is 2.54. The van der Waals surface area contributed by atoms with Crippen LogP contribution in [0, 0.1) is 5.92 Å². The molecule has 4 rings (SSSR count). The maximum absolute atomic E-state index is 10.2. The highest BCUT2D eigenvalue weighted by atomic mass is 16.3. The van der Waals surface area contributed by atoms with Crippen molar-refractivity contribution in [1.82, 2.24) is 19.9 Å². The predicted octanol–water partition coefficient (Wildman–Crippen LogP) is 4.12. The van der Waals surface area contributed by atoms with Gasteiger partial charge in [-0.25, -0.2) is 4.98 Å². The molecule has 0 saturated carbocycles. The fourth-order valence-electron chi connectivity index (χ4n) is 3.76. The van der Waals surface area contributed by atoms with E-state index in [9.17, 15) is 5.11 Å². The third kappa shape index (κ3) is 5.74. The van der Waals surface area contributed by atoms with Crippen molar-refractivity contribution in [2.24, 2.45) is 5.92 Å². The van der Waals surface area contributed by atoms with E-state index in [4.69, 9.17) is 4.98 Å². The van der Waals surface area contributed by atoms with Gasteiger partial charge in [0, 0.05) is 37.2 Å². The molecule has 31 heavy (non-hydrogen) atoms. The Morgan fingerprint density at radius 3 is 2.68 bits per heavy atom. The maximum atomic E-state index is 10.2. The molecule has 0 spiro atoms. The quantitative estimate of drug-likeness (QED) is 0.455. The van der Waals surface area contributed by atoms with Crippen LogP contribution in [0.2, 0.25) is 0 Å². The van der Waals surface area contributed by atoms with E-state index in [2.05, 4.69) is 47.0 Å². The molecule has 0 aliphatic carbocycles. The molecule has 2 atom stereocenters. The fourth-order valence-corrected chi connectivity index (χ4v) is 3.76. The average molecular weight is 427 g/mol. The van der Waals surface area contributed by atoms with Crippen molar-refractivity contribution in [3.8, 4) is 0 Å². The lowest BCUT2D eigenvalue weighted by atomic mass is 9.95. The Labute approximate surface area is 186 Å². The summed E-state index contributed by atoms with van der Waals surface area (Å²) in [7, 11) is 0. The van der Waals surface area contributed by atoms with Crippen LogP contribution in [0.1, 0.15) is 52.2 Å². The van der Waals surface area contributed by atoms with Gasteiger partial charge in [-0.05, 0) is 24.4 Å². The summed E-state index contributed by atoms with van der Waals surface area (Å²) in [4.78, 5) is 4.83. The molecule has 1 fully saturated rings. The molecule has 2 unspecified atom stereocenters. The fraction of sp³-hybridized carbons (Fsp3) is 0.500. The summed E-state index contributed by atoms with van der Waals surface area (Å²) in [5.41, 5.74) is 3.20. The van der Waals surface area contributed by atoms with E-state index in [0.29, 0.717) is 25.6 Å². The first-order valence-corrected chi connectivity index (χ1v) is 10.4. The Bertz CT molecular complexity index is 940. The van der Waals surface area contributed by atoms with Gasteiger partial charge in [0.15, 0.2) is 5.65 Å². The smallest absolute Gasteiger partial charge is 0.163 e. The monoisotopic (exact) mass is 426 g/mol. The summed E-state index contributed by atoms with van der Waals surface area (Å²) < 4.78 is 1.88. The number of piperidine rings is 1. The van der Waals surface area contributed by atoms with Crippen LogP contribution in [-0.2, 0) is 6.54 Å². The minimum atomic E-state index is -0.322. The molecular weight excluding hydrogens is 388 g/mol. The standard InChI is InChI=1S/C22H30N6O.2CH4/c1-15(2)18-13-26-28-21(25-11-16-6-4-3-5-7-16)10-20(27-22(18)28)24-12-17-8-9-23-14-19(17)29;;/h3-7,10,13,15,17,19,23,25,29H,8-9,11-12,14H2,1-2H3,(H,24,27);2*1H4. The van der Waals surface area contributed by atoms with Gasteiger partial charge < -0.3 is 21.1 Å². The maximum Gasteiger partial charge on any atom is 0.163 e. The van der Waals surface area contributed by atoms with Gasteiger partial charge in [-0.3, -0.25) is 0 Å². The number of fused-ring (bicyclic) bond motifs is 1. The third-order valence-electron chi connectivity index (χ3n) is 5.57. The van der Waals surface area contributed by atoms with Gasteiger partial charge in [-0.15, -0.1) is 0 Å². The summed E-state index contributed by atoms with van der Waals surface area (Å²) in [5.74, 6) is 2.27. The van der Waals surface area contributed by atoms with E-state index in [-0.39, 0.29) is 26.9 Å². The predicted molar refractivity (Wildman–Crippen MR) is 130 cm³/mol. The molecule has 3 heterocycles. The number of hydrogen-bond acceptors (Lipinski definition) is 6. The number of aromatic nitrogens is 3. The number of nitrogens with one attached hydrogen (secondary N) is 3. The van der Waals surface area contributed by atoms with Crippen LogP contribution >= 0.6 is 0 Å². The van der Waals surface area contributed by atoms with Gasteiger partial charge in [0.2, 0.25) is 0 Å². The largest absolute Gasteiger partial charge is 0.391 e. The number of aliphatic hydroxyl groups excluding tert-OH is 1. The molecule has 2 aromatic heterocycles. The lowest BCUT2D eigenvalue weighted by molar-refractivity contribution is 0.0883. The van der Waals surface area contributed by atoms with Gasteiger partial charge in [0.25, 0.3) is 0 Å². The van der Waals surface area contributed by atoms with E-state index in [1.807, 2.05) is 35.0 Å². The summed E-state index contributed by atoms with van der Waals surface area (Å²) in [6, 6.07) is 12.3. The first kappa shape index (κ1) is 24.6. The number of rotatable bonds is 7. The van der Waals surface area contributed by atoms with Crippen LogP contribution in [0.3, 0.4) is 0 Å². The molecule has 3 aromatic rings. The Morgan fingerprint density at radius 2 is 1.97 bits per heavy atom. The molecular formula is C24H38N6O. The Kier molecular flexibility index (Phi) is 8.83. The number of aliphatic hydroxyl groups is 1. The third-order valence-corrected chi connectivity index (χ3v) is 5.57. The lowest BCUT2D eigenvalue weighted by Gasteiger charge is -2.28. The molecule has 1 aromatic carbocycles. The zero-order chi connectivity index (χ0) is 20.2. The van der Waals surface area contributed by atoms with Crippen molar-refractivity contribution in [3.63, 3.8) is 0 Å². The molecule has 1 saturated heterocycles. The molecule has 170 valence electrons. The Balaban J connectivity index is 0.00000171. The van der Waals surface area contributed by atoms with Gasteiger partial charge in [0.1, 0.15) is 11.6 Å². The van der Waals surface area contributed by atoms with Gasteiger partial charge in [-0.1, -0.05) is 59.0 Å². The first-order valence-electron chi connectivity index (χ1n) is 10.4. The Morgan fingerprint density at radius 1 is 1.19 bits per heavy atom. The van der Waals surface area contributed by atoms with Crippen molar-refractivity contribution >= 4 is 17.3 Å². The van der Waals surface area contributed by atoms with Crippen LogP contribution in [-0.4, -0.2) is 45.4 Å². The molecule has 7 heteroatoms. The average Bonchev–Trinajstić information content (AvgIpc) is 3.16. The SMILES string of the molecule is C.C.CC(C)c1cnn2c(NCc3ccccc3)cc(NCC3CCNCC3O)nc12. The molecule has 1 aliphatic heterocycles. The molecule has 0 radical (unpaired) electrons. The molecule has 1 aliphatic rings. The summed E-state index contributed by atoms with van der Waals surface area (Å²) in [5, 5.41) is 25.0. The van der Waals surface area contributed by atoms with E-state index in [1.165, 1.54) is 5.56 Å². The van der Waals surface area contributed by atoms with Gasteiger partial charge >= 0.3 is 0 Å². The number of β-amino-alcohol motifs (C(OH)–C–C–N with tert-alkyl or cyclic N) is 1. The second kappa shape index (κ2) is 11.1. The highest BCUT2D eigenvalue weighted by molar-refractivity contribution is 5.61. The number of benzene rings is 1. The zero-order valence-electron chi connectivity index (χ0n) is 17.1. The van der Waals surface area contributed by atoms with E-state index >= 15 is 0 Å². The second-order valence-corrected chi connectivity index (χ2v) is 8.06. The molecule has 0 amide bonds. The van der Waals surface area contributed by atoms with Crippen LogP contribution < -0.4 is 16.0 Å². The summed E-state index contributed by atoms with van der Waals surface area (Å²) in [6.45, 7) is 7.32. The molecule has 0 bridgehead atoms. The number of anilines is 2. The Hall–Kier alpha value is -2.64. The summed E-state index contributed by atoms with van der Waals surface area (Å²) >= 11 is 0. The molecule has 4 N–H and O–H groups in total. The molecule has 7 nitrogen and oxygen atoms in total. The minimum Gasteiger partial charge on any atom is -0.391 e. The normalized spacial score (nSPS) is 18.3. The van der Waals surface area contributed by atoms with Crippen molar-refractivity contribution in [3.05, 3.63) is 53.7 Å². The highest BCUT2D eigenvalue weighted by Gasteiger charge is 2.23. The van der Waals surface area contributed by atoms with Crippen molar-refractivity contribution in [2.75, 3.05) is 30.3 Å². The van der Waals surface area contributed by atoms with Crippen molar-refractivity contribution < 1.29 is 5.11 Å². The van der Waals surface area contributed by atoms with Crippen molar-refractivity contribution in [2.45, 2.75) is 53.7 Å². The van der Waals surface area contributed by atoms with Gasteiger partial charge in [0.05, 0.1) is 12.3 Å². The van der Waals surface area contributed by atoms with E-state index in [1.54, 1.807) is 0 Å². The lowest BCUT2D eigenvalue weighted by Crippen LogP contribution is -2.43. The zero-order valence-corrected chi connectivity index (χ0v) is 17.1. The van der Waals surface area contributed by atoms with Crippen LogP contribution in [0.5, 0.6) is 0 Å². The minimum absolute atomic E-state index is 0. The number of hydrogen-bond donors (Lipinski definition) is 4. The highest BCUT2D eigenvalue weighted by Crippen LogP contribution is 2.25. The van der Waals surface area contributed by atoms with Crippen molar-refractivity contribution in [1.29, 1.82) is 0 Å².